The first-order chi connectivity index (χ1) is 4.36. The minimum atomic E-state index is 0.946. The van der Waals surface area contributed by atoms with Crippen molar-refractivity contribution in [1.29, 1.82) is 0 Å². The van der Waals surface area contributed by atoms with Crippen molar-refractivity contribution in [1.82, 2.24) is 5.32 Å². The molecule has 2 nitrogen and oxygen atoms in total. The fourth-order valence-corrected chi connectivity index (χ4v) is 2.02. The van der Waals surface area contributed by atoms with Crippen molar-refractivity contribution in [2.24, 2.45) is 0 Å². The monoisotopic (exact) mass is 140 g/mol. The lowest BCUT2D eigenvalue weighted by Gasteiger charge is -1.85. The van der Waals surface area contributed by atoms with Crippen LogP contribution >= 0.6 is 11.3 Å². The van der Waals surface area contributed by atoms with Gasteiger partial charge in [0.1, 0.15) is 0 Å². The SMILES string of the molecule is Nc1cc2c(s1)CNC2. The summed E-state index contributed by atoms with van der Waals surface area (Å²) in [7, 11) is 0. The third-order valence-electron chi connectivity index (χ3n) is 1.52. The molecule has 0 saturated heterocycles. The summed E-state index contributed by atoms with van der Waals surface area (Å²) >= 11 is 1.69. The van der Waals surface area contributed by atoms with Gasteiger partial charge in [0.25, 0.3) is 0 Å². The highest BCUT2D eigenvalue weighted by atomic mass is 32.1. The van der Waals surface area contributed by atoms with E-state index in [-0.39, 0.29) is 0 Å². The third-order valence-corrected chi connectivity index (χ3v) is 2.52. The molecular weight excluding hydrogens is 132 g/mol. The Labute approximate surface area is 57.7 Å². The smallest absolute Gasteiger partial charge is 0.0863 e. The van der Waals surface area contributed by atoms with Gasteiger partial charge in [-0.1, -0.05) is 0 Å². The molecule has 0 unspecified atom stereocenters. The van der Waals surface area contributed by atoms with E-state index in [4.69, 9.17) is 5.73 Å². The van der Waals surface area contributed by atoms with Crippen LogP contribution in [0.2, 0.25) is 0 Å². The van der Waals surface area contributed by atoms with Gasteiger partial charge >= 0.3 is 0 Å². The van der Waals surface area contributed by atoms with E-state index in [0.29, 0.717) is 0 Å². The molecule has 9 heavy (non-hydrogen) atoms. The van der Waals surface area contributed by atoms with Crippen molar-refractivity contribution < 1.29 is 0 Å². The molecule has 0 saturated carbocycles. The molecular formula is C6H8N2S. The van der Waals surface area contributed by atoms with Gasteiger partial charge in [0.05, 0.1) is 5.00 Å². The average molecular weight is 140 g/mol. The molecule has 0 spiro atoms. The van der Waals surface area contributed by atoms with Crippen LogP contribution in [-0.4, -0.2) is 0 Å². The van der Waals surface area contributed by atoms with Crippen molar-refractivity contribution in [3.8, 4) is 0 Å². The fraction of sp³-hybridized carbons (Fsp3) is 0.333. The van der Waals surface area contributed by atoms with E-state index in [0.717, 1.165) is 18.1 Å². The van der Waals surface area contributed by atoms with Crippen LogP contribution in [0.15, 0.2) is 6.07 Å². The van der Waals surface area contributed by atoms with Crippen LogP contribution in [0.1, 0.15) is 10.4 Å². The Kier molecular flexibility index (Phi) is 1.00. The molecule has 3 heteroatoms. The summed E-state index contributed by atoms with van der Waals surface area (Å²) in [6.45, 7) is 2.01. The van der Waals surface area contributed by atoms with Gasteiger partial charge in [-0.3, -0.25) is 0 Å². The summed E-state index contributed by atoms with van der Waals surface area (Å²) in [5.41, 5.74) is 6.97. The van der Waals surface area contributed by atoms with Crippen LogP contribution in [0, 0.1) is 0 Å². The lowest BCUT2D eigenvalue weighted by atomic mass is 10.3. The second-order valence-electron chi connectivity index (χ2n) is 2.20. The number of anilines is 1. The Bertz CT molecular complexity index is 207. The number of hydrogen-bond acceptors (Lipinski definition) is 3. The summed E-state index contributed by atoms with van der Waals surface area (Å²) in [6, 6.07) is 2.06. The van der Waals surface area contributed by atoms with E-state index >= 15 is 0 Å². The van der Waals surface area contributed by atoms with Gasteiger partial charge in [0.2, 0.25) is 0 Å². The van der Waals surface area contributed by atoms with Crippen LogP contribution in [0.5, 0.6) is 0 Å². The van der Waals surface area contributed by atoms with Crippen LogP contribution in [0.25, 0.3) is 0 Å². The second kappa shape index (κ2) is 1.72. The largest absolute Gasteiger partial charge is 0.391 e. The summed E-state index contributed by atoms with van der Waals surface area (Å²) in [4.78, 5) is 1.41. The molecule has 0 radical (unpaired) electrons. The number of thiophene rings is 1. The highest BCUT2D eigenvalue weighted by molar-refractivity contribution is 7.16. The first-order valence-corrected chi connectivity index (χ1v) is 3.75. The fourth-order valence-electron chi connectivity index (χ4n) is 1.10. The first kappa shape index (κ1) is 5.26. The number of fused-ring (bicyclic) bond motifs is 1. The quantitative estimate of drug-likeness (QED) is 0.562. The molecule has 2 heterocycles. The molecule has 2 rings (SSSR count). The van der Waals surface area contributed by atoms with Gasteiger partial charge in [0, 0.05) is 18.0 Å². The molecule has 1 aliphatic heterocycles. The molecule has 0 atom stereocenters. The topological polar surface area (TPSA) is 38.0 Å². The van der Waals surface area contributed by atoms with Gasteiger partial charge in [-0.05, 0) is 11.6 Å². The number of hydrogen-bond donors (Lipinski definition) is 2. The van der Waals surface area contributed by atoms with Crippen LogP contribution in [0.3, 0.4) is 0 Å². The van der Waals surface area contributed by atoms with E-state index in [9.17, 15) is 0 Å². The van der Waals surface area contributed by atoms with Gasteiger partial charge in [0.15, 0.2) is 0 Å². The number of rotatable bonds is 0. The van der Waals surface area contributed by atoms with Gasteiger partial charge < -0.3 is 11.1 Å². The summed E-state index contributed by atoms with van der Waals surface area (Å²) < 4.78 is 0. The van der Waals surface area contributed by atoms with Crippen molar-refractivity contribution in [2.75, 3.05) is 5.73 Å². The molecule has 0 aliphatic carbocycles. The normalized spacial score (nSPS) is 16.0. The van der Waals surface area contributed by atoms with Crippen molar-refractivity contribution in [2.45, 2.75) is 13.1 Å². The summed E-state index contributed by atoms with van der Waals surface area (Å²) in [5.74, 6) is 0. The highest BCUT2D eigenvalue weighted by Crippen LogP contribution is 2.27. The minimum Gasteiger partial charge on any atom is -0.391 e. The van der Waals surface area contributed by atoms with Gasteiger partial charge in [-0.2, -0.15) is 0 Å². The standard InChI is InChI=1S/C6H8N2S/c7-6-1-4-2-8-3-5(4)9-6/h1,8H,2-3,7H2. The van der Waals surface area contributed by atoms with E-state index in [1.807, 2.05) is 0 Å². The molecule has 1 aromatic heterocycles. The summed E-state index contributed by atoms with van der Waals surface area (Å²) in [5, 5.41) is 4.20. The zero-order valence-electron chi connectivity index (χ0n) is 4.98. The minimum absolute atomic E-state index is 0.946. The number of nitrogen functional groups attached to an aromatic ring is 1. The van der Waals surface area contributed by atoms with Gasteiger partial charge in [-0.15, -0.1) is 11.3 Å². The summed E-state index contributed by atoms with van der Waals surface area (Å²) in [6.07, 6.45) is 0. The van der Waals surface area contributed by atoms with Crippen LogP contribution in [-0.2, 0) is 13.1 Å². The molecule has 48 valence electrons. The van der Waals surface area contributed by atoms with E-state index in [1.54, 1.807) is 11.3 Å². The molecule has 0 bridgehead atoms. The molecule has 0 fully saturated rings. The van der Waals surface area contributed by atoms with E-state index in [2.05, 4.69) is 11.4 Å². The zero-order valence-corrected chi connectivity index (χ0v) is 5.79. The van der Waals surface area contributed by atoms with Crippen LogP contribution in [0.4, 0.5) is 5.00 Å². The Hall–Kier alpha value is -0.540. The van der Waals surface area contributed by atoms with Gasteiger partial charge in [-0.25, -0.2) is 0 Å². The third kappa shape index (κ3) is 0.730. The molecule has 1 aromatic rings. The van der Waals surface area contributed by atoms with Crippen molar-refractivity contribution >= 4 is 16.3 Å². The lowest BCUT2D eigenvalue weighted by Crippen LogP contribution is -2.00. The first-order valence-electron chi connectivity index (χ1n) is 2.94. The predicted octanol–water partition coefficient (Wildman–Crippen LogP) is 0.934. The lowest BCUT2D eigenvalue weighted by molar-refractivity contribution is 0.767. The maximum Gasteiger partial charge on any atom is 0.0863 e. The van der Waals surface area contributed by atoms with Crippen molar-refractivity contribution in [3.63, 3.8) is 0 Å². The maximum absolute atomic E-state index is 5.58. The molecule has 3 N–H and O–H groups in total. The molecule has 0 aromatic carbocycles. The van der Waals surface area contributed by atoms with Crippen LogP contribution < -0.4 is 11.1 Å². The average Bonchev–Trinajstić information content (AvgIpc) is 2.22. The van der Waals surface area contributed by atoms with Crippen molar-refractivity contribution in [3.05, 3.63) is 16.5 Å². The van der Waals surface area contributed by atoms with E-state index in [1.165, 1.54) is 10.4 Å². The Morgan fingerprint density at radius 3 is 3.22 bits per heavy atom. The zero-order chi connectivity index (χ0) is 6.27. The second-order valence-corrected chi connectivity index (χ2v) is 3.37. The molecule has 0 amide bonds. The predicted molar refractivity (Wildman–Crippen MR) is 39.3 cm³/mol. The highest BCUT2D eigenvalue weighted by Gasteiger charge is 2.11. The Balaban J connectivity index is 2.51. The number of nitrogens with two attached hydrogens (primary N) is 1. The maximum atomic E-state index is 5.58. The Morgan fingerprint density at radius 1 is 1.56 bits per heavy atom. The Morgan fingerprint density at radius 2 is 2.44 bits per heavy atom. The van der Waals surface area contributed by atoms with E-state index < -0.39 is 0 Å². The molecule has 1 aliphatic rings. The number of nitrogens with one attached hydrogen (secondary N) is 1.